The van der Waals surface area contributed by atoms with Crippen molar-refractivity contribution >= 4 is 16.7 Å². The van der Waals surface area contributed by atoms with E-state index in [4.69, 9.17) is 5.21 Å². The van der Waals surface area contributed by atoms with Gasteiger partial charge < -0.3 is 5.11 Å². The minimum absolute atomic E-state index is 0.0529. The molecule has 0 aliphatic rings. The number of halogens is 2. The van der Waals surface area contributed by atoms with Gasteiger partial charge in [0.15, 0.2) is 0 Å². The number of hydrogen-bond acceptors (Lipinski definition) is 4. The maximum absolute atomic E-state index is 13.1. The molecule has 29 heavy (non-hydrogen) atoms. The Bertz CT molecular complexity index is 994. The Kier molecular flexibility index (Phi) is 6.22. The monoisotopic (exact) mass is 400 g/mol. The van der Waals surface area contributed by atoms with Crippen LogP contribution in [0.15, 0.2) is 66.7 Å². The third kappa shape index (κ3) is 4.59. The summed E-state index contributed by atoms with van der Waals surface area (Å²) in [5, 5.41) is 23.3. The minimum atomic E-state index is -3.18. The van der Waals surface area contributed by atoms with Gasteiger partial charge in [-0.05, 0) is 46.5 Å². The number of hydrogen-bond donors (Lipinski definition) is 4. The van der Waals surface area contributed by atoms with Gasteiger partial charge in [0, 0.05) is 6.54 Å². The van der Waals surface area contributed by atoms with Crippen molar-refractivity contribution in [1.82, 2.24) is 10.8 Å². The number of amides is 1. The highest BCUT2D eigenvalue weighted by atomic mass is 19.3. The summed E-state index contributed by atoms with van der Waals surface area (Å²) in [4.78, 5) is 11.8. The lowest BCUT2D eigenvalue weighted by Crippen LogP contribution is -2.60. The Hall–Kier alpha value is -2.87. The molecule has 0 spiro atoms. The molecule has 0 heterocycles. The molecule has 0 aliphatic carbocycles. The Morgan fingerprint density at radius 3 is 2.31 bits per heavy atom. The van der Waals surface area contributed by atoms with Crippen molar-refractivity contribution in [3.05, 3.63) is 72.3 Å². The molecule has 5 nitrogen and oxygen atoms in total. The predicted molar refractivity (Wildman–Crippen MR) is 107 cm³/mol. The zero-order chi connectivity index (χ0) is 21.0. The molecule has 3 aromatic rings. The average molecular weight is 400 g/mol. The highest BCUT2D eigenvalue weighted by Crippen LogP contribution is 2.25. The molecule has 0 aromatic heterocycles. The van der Waals surface area contributed by atoms with E-state index in [-0.39, 0.29) is 6.54 Å². The van der Waals surface area contributed by atoms with Gasteiger partial charge in [0.2, 0.25) is 0 Å². The second-order valence-corrected chi connectivity index (χ2v) is 7.08. The molecule has 0 saturated heterocycles. The fraction of sp³-hybridized carbons (Fsp3) is 0.227. The van der Waals surface area contributed by atoms with E-state index in [1.807, 2.05) is 60.7 Å². The van der Waals surface area contributed by atoms with Crippen LogP contribution in [-0.4, -0.2) is 34.3 Å². The van der Waals surface area contributed by atoms with Crippen LogP contribution in [0.3, 0.4) is 0 Å². The van der Waals surface area contributed by atoms with Gasteiger partial charge in [0.25, 0.3) is 12.3 Å². The molecular weight excluding hydrogens is 378 g/mol. The summed E-state index contributed by atoms with van der Waals surface area (Å²) in [6.07, 6.45) is -3.18. The van der Waals surface area contributed by atoms with Crippen LogP contribution in [0.4, 0.5) is 8.78 Å². The Morgan fingerprint density at radius 2 is 1.66 bits per heavy atom. The first-order valence-electron chi connectivity index (χ1n) is 9.09. The van der Waals surface area contributed by atoms with Crippen LogP contribution in [0.25, 0.3) is 21.9 Å². The quantitative estimate of drug-likeness (QED) is 0.362. The fourth-order valence-corrected chi connectivity index (χ4v) is 3.19. The molecule has 0 aliphatic heterocycles. The smallest absolute Gasteiger partial charge is 0.268 e. The number of benzene rings is 3. The van der Waals surface area contributed by atoms with Crippen LogP contribution in [0.2, 0.25) is 0 Å². The summed E-state index contributed by atoms with van der Waals surface area (Å²) in [6, 6.07) is 19.9. The van der Waals surface area contributed by atoms with Crippen molar-refractivity contribution in [3.63, 3.8) is 0 Å². The molecule has 3 rings (SSSR count). The molecule has 0 radical (unpaired) electrons. The summed E-state index contributed by atoms with van der Waals surface area (Å²) in [5.41, 5.74) is 1.60. The van der Waals surface area contributed by atoms with Gasteiger partial charge in [-0.25, -0.2) is 14.3 Å². The van der Waals surface area contributed by atoms with Gasteiger partial charge in [-0.1, -0.05) is 54.6 Å². The number of hydroxylamine groups is 1. The Balaban J connectivity index is 1.80. The normalized spacial score (nSPS) is 14.6. The highest BCUT2D eigenvalue weighted by Gasteiger charge is 2.44. The fourth-order valence-electron chi connectivity index (χ4n) is 3.19. The maximum Gasteiger partial charge on any atom is 0.268 e. The van der Waals surface area contributed by atoms with Crippen LogP contribution < -0.4 is 10.8 Å². The van der Waals surface area contributed by atoms with Gasteiger partial charge in [-0.15, -0.1) is 0 Å². The molecule has 1 amide bonds. The van der Waals surface area contributed by atoms with Crippen molar-refractivity contribution in [3.8, 4) is 11.1 Å². The van der Waals surface area contributed by atoms with E-state index in [1.54, 1.807) is 0 Å². The number of rotatable bonds is 7. The summed E-state index contributed by atoms with van der Waals surface area (Å²) < 4.78 is 26.2. The average Bonchev–Trinajstić information content (AvgIpc) is 2.73. The van der Waals surface area contributed by atoms with Gasteiger partial charge in [0.1, 0.15) is 11.6 Å². The van der Waals surface area contributed by atoms with Gasteiger partial charge in [-0.2, -0.15) is 0 Å². The first-order valence-corrected chi connectivity index (χ1v) is 9.09. The predicted octanol–water partition coefficient (Wildman–Crippen LogP) is 3.49. The van der Waals surface area contributed by atoms with Crippen molar-refractivity contribution in [1.29, 1.82) is 0 Å². The lowest BCUT2D eigenvalue weighted by Gasteiger charge is -2.31. The van der Waals surface area contributed by atoms with E-state index < -0.39 is 24.0 Å². The minimum Gasteiger partial charge on any atom is -0.382 e. The maximum atomic E-state index is 13.1. The standard InChI is InChI=1S/C22H22F2N2O3/c1-22(28,21(23)24)19(20(27)26-29)25-13-14-7-8-18-12-17(10-9-16(18)11-14)15-5-3-2-4-6-15/h2-12,19,21,25,28-29H,13H2,1H3,(H,26,27). The number of carbonyl (C=O) groups is 1. The summed E-state index contributed by atoms with van der Waals surface area (Å²) >= 11 is 0. The first-order chi connectivity index (χ1) is 13.8. The van der Waals surface area contributed by atoms with Crippen LogP contribution in [0.5, 0.6) is 0 Å². The molecule has 7 heteroatoms. The zero-order valence-electron chi connectivity index (χ0n) is 15.8. The molecule has 152 valence electrons. The van der Waals surface area contributed by atoms with E-state index in [0.717, 1.165) is 34.4 Å². The van der Waals surface area contributed by atoms with E-state index in [1.165, 1.54) is 5.48 Å². The van der Waals surface area contributed by atoms with Crippen LogP contribution in [-0.2, 0) is 11.3 Å². The number of alkyl halides is 2. The van der Waals surface area contributed by atoms with Gasteiger partial charge >= 0.3 is 0 Å². The van der Waals surface area contributed by atoms with Crippen molar-refractivity contribution in [2.24, 2.45) is 0 Å². The van der Waals surface area contributed by atoms with Crippen molar-refractivity contribution < 1.29 is 23.9 Å². The lowest BCUT2D eigenvalue weighted by atomic mass is 9.95. The number of fused-ring (bicyclic) bond motifs is 1. The van der Waals surface area contributed by atoms with E-state index in [0.29, 0.717) is 0 Å². The van der Waals surface area contributed by atoms with Crippen molar-refractivity contribution in [2.75, 3.05) is 0 Å². The van der Waals surface area contributed by atoms with Crippen molar-refractivity contribution in [2.45, 2.75) is 31.5 Å². The highest BCUT2D eigenvalue weighted by molar-refractivity contribution is 5.88. The molecule has 2 atom stereocenters. The topological polar surface area (TPSA) is 81.6 Å². The van der Waals surface area contributed by atoms with Crippen LogP contribution in [0.1, 0.15) is 12.5 Å². The number of nitrogens with one attached hydrogen (secondary N) is 2. The first kappa shape index (κ1) is 20.9. The number of aliphatic hydroxyl groups is 1. The van der Waals surface area contributed by atoms with Crippen LogP contribution in [0, 0.1) is 0 Å². The molecule has 0 fully saturated rings. The van der Waals surface area contributed by atoms with Gasteiger partial charge in [0.05, 0.1) is 0 Å². The SMILES string of the molecule is CC(O)(C(F)F)C(NCc1ccc2cc(-c3ccccc3)ccc2c1)C(=O)NO. The van der Waals surface area contributed by atoms with E-state index in [2.05, 4.69) is 11.4 Å². The molecule has 4 N–H and O–H groups in total. The molecular formula is C22H22F2N2O3. The van der Waals surface area contributed by atoms with Gasteiger partial charge in [-0.3, -0.25) is 15.3 Å². The molecule has 0 bridgehead atoms. The summed E-state index contributed by atoms with van der Waals surface area (Å²) in [6.45, 7) is 0.896. The molecule has 3 aromatic carbocycles. The zero-order valence-corrected chi connectivity index (χ0v) is 15.8. The second-order valence-electron chi connectivity index (χ2n) is 7.08. The second kappa shape index (κ2) is 8.65. The Labute approximate surface area is 166 Å². The third-order valence-corrected chi connectivity index (χ3v) is 4.92. The Morgan fingerprint density at radius 1 is 1.00 bits per heavy atom. The summed E-state index contributed by atoms with van der Waals surface area (Å²) in [5.74, 6) is -1.14. The largest absolute Gasteiger partial charge is 0.382 e. The summed E-state index contributed by atoms with van der Waals surface area (Å²) in [7, 11) is 0. The number of carbonyl (C=O) groups excluding carboxylic acids is 1. The third-order valence-electron chi connectivity index (χ3n) is 4.92. The van der Waals surface area contributed by atoms with E-state index >= 15 is 0 Å². The van der Waals surface area contributed by atoms with Crippen LogP contribution >= 0.6 is 0 Å². The molecule has 0 saturated carbocycles. The molecule has 2 unspecified atom stereocenters. The lowest BCUT2D eigenvalue weighted by molar-refractivity contribution is -0.150. The van der Waals surface area contributed by atoms with E-state index in [9.17, 15) is 18.7 Å².